The number of carboxylic acid groups (broad SMARTS) is 1. The molecule has 1 aromatic rings. The van der Waals surface area contributed by atoms with Crippen molar-refractivity contribution in [3.63, 3.8) is 0 Å². The van der Waals surface area contributed by atoms with Crippen LogP contribution in [-0.4, -0.2) is 23.0 Å². The molecule has 0 unspecified atom stereocenters. The quantitative estimate of drug-likeness (QED) is 0.866. The van der Waals surface area contributed by atoms with Gasteiger partial charge in [-0.2, -0.15) is 13.2 Å². The number of ketones is 1. The zero-order valence-electron chi connectivity index (χ0n) is 10.7. The van der Waals surface area contributed by atoms with Gasteiger partial charge >= 0.3 is 12.1 Å². The lowest BCUT2D eigenvalue weighted by Gasteiger charge is -2.26. The Balaban J connectivity index is 3.22. The van der Waals surface area contributed by atoms with E-state index in [0.29, 0.717) is 0 Å². The first-order chi connectivity index (χ1) is 8.95. The molecule has 0 amide bonds. The lowest BCUT2D eigenvalue weighted by molar-refractivity contribution is -0.172. The predicted octanol–water partition coefficient (Wildman–Crippen LogP) is 3.32. The molecule has 1 aromatic carbocycles. The van der Waals surface area contributed by atoms with Crippen molar-refractivity contribution in [3.05, 3.63) is 35.1 Å². The summed E-state index contributed by atoms with van der Waals surface area (Å²) in [5.74, 6) is -4.24. The topological polar surface area (TPSA) is 54.4 Å². The second kappa shape index (κ2) is 5.22. The van der Waals surface area contributed by atoms with E-state index in [9.17, 15) is 27.2 Å². The molecule has 0 spiro atoms. The molecule has 110 valence electrons. The van der Waals surface area contributed by atoms with Crippen LogP contribution in [0.15, 0.2) is 18.2 Å². The van der Waals surface area contributed by atoms with Gasteiger partial charge in [0.15, 0.2) is 0 Å². The standard InChI is InChI=1S/C13H12F4O3/c1-12(2,6-10(18)13(15,16)17)9-4-3-7(14)5-8(9)11(19)20/h3-5H,6H2,1-2H3,(H,19,20). The molecule has 0 radical (unpaired) electrons. The average molecular weight is 292 g/mol. The Morgan fingerprint density at radius 1 is 1.20 bits per heavy atom. The van der Waals surface area contributed by atoms with Crippen LogP contribution in [0.25, 0.3) is 0 Å². The number of hydrogen-bond donors (Lipinski definition) is 1. The third kappa shape index (κ3) is 3.55. The maximum atomic E-state index is 13.0. The summed E-state index contributed by atoms with van der Waals surface area (Å²) >= 11 is 0. The van der Waals surface area contributed by atoms with Crippen molar-refractivity contribution in [1.82, 2.24) is 0 Å². The van der Waals surface area contributed by atoms with Gasteiger partial charge in [0, 0.05) is 6.42 Å². The largest absolute Gasteiger partial charge is 0.478 e. The van der Waals surface area contributed by atoms with E-state index in [-0.39, 0.29) is 5.56 Å². The van der Waals surface area contributed by atoms with Crippen LogP contribution in [0.4, 0.5) is 17.6 Å². The van der Waals surface area contributed by atoms with Crippen LogP contribution in [-0.2, 0) is 10.2 Å². The summed E-state index contributed by atoms with van der Waals surface area (Å²) in [7, 11) is 0. The second-order valence-electron chi connectivity index (χ2n) is 4.98. The molecule has 0 bridgehead atoms. The summed E-state index contributed by atoms with van der Waals surface area (Å²) in [4.78, 5) is 22.1. The SMILES string of the molecule is CC(C)(CC(=O)C(F)(F)F)c1ccc(F)cc1C(=O)O. The fourth-order valence-corrected chi connectivity index (χ4v) is 1.88. The summed E-state index contributed by atoms with van der Waals surface area (Å²) < 4.78 is 49.9. The highest BCUT2D eigenvalue weighted by atomic mass is 19.4. The van der Waals surface area contributed by atoms with E-state index in [1.807, 2.05) is 0 Å². The Labute approximate surface area is 112 Å². The monoisotopic (exact) mass is 292 g/mol. The van der Waals surface area contributed by atoms with Gasteiger partial charge in [-0.1, -0.05) is 19.9 Å². The third-order valence-electron chi connectivity index (χ3n) is 2.86. The molecule has 20 heavy (non-hydrogen) atoms. The summed E-state index contributed by atoms with van der Waals surface area (Å²) in [6, 6.07) is 2.75. The van der Waals surface area contributed by atoms with Crippen LogP contribution in [0.3, 0.4) is 0 Å². The van der Waals surface area contributed by atoms with Gasteiger partial charge in [0.25, 0.3) is 0 Å². The number of hydrogen-bond acceptors (Lipinski definition) is 2. The zero-order valence-corrected chi connectivity index (χ0v) is 10.7. The van der Waals surface area contributed by atoms with Gasteiger partial charge in [-0.3, -0.25) is 4.79 Å². The smallest absolute Gasteiger partial charge is 0.450 e. The van der Waals surface area contributed by atoms with Gasteiger partial charge in [0.1, 0.15) is 5.82 Å². The van der Waals surface area contributed by atoms with E-state index in [4.69, 9.17) is 5.11 Å². The summed E-state index contributed by atoms with van der Waals surface area (Å²) in [5, 5.41) is 8.97. The van der Waals surface area contributed by atoms with Crippen LogP contribution in [0.2, 0.25) is 0 Å². The third-order valence-corrected chi connectivity index (χ3v) is 2.86. The number of rotatable bonds is 4. The first-order valence-corrected chi connectivity index (χ1v) is 5.58. The highest BCUT2D eigenvalue weighted by molar-refractivity contribution is 5.91. The minimum absolute atomic E-state index is 0.0241. The van der Waals surface area contributed by atoms with Crippen molar-refractivity contribution in [3.8, 4) is 0 Å². The fraction of sp³-hybridized carbons (Fsp3) is 0.385. The predicted molar refractivity (Wildman–Crippen MR) is 62.1 cm³/mol. The van der Waals surface area contributed by atoms with Crippen LogP contribution in [0.1, 0.15) is 36.2 Å². The average Bonchev–Trinajstić information content (AvgIpc) is 2.26. The maximum absolute atomic E-state index is 13.0. The van der Waals surface area contributed by atoms with Crippen LogP contribution in [0.5, 0.6) is 0 Å². The normalized spacial score (nSPS) is 12.3. The first kappa shape index (κ1) is 16.1. The number of carboxylic acids is 1. The molecule has 0 aliphatic heterocycles. The molecule has 0 aromatic heterocycles. The van der Waals surface area contributed by atoms with Gasteiger partial charge in [0.2, 0.25) is 5.78 Å². The highest BCUT2D eigenvalue weighted by Gasteiger charge is 2.42. The highest BCUT2D eigenvalue weighted by Crippen LogP contribution is 2.33. The lowest BCUT2D eigenvalue weighted by atomic mass is 9.77. The van der Waals surface area contributed by atoms with E-state index in [1.165, 1.54) is 13.8 Å². The Morgan fingerprint density at radius 3 is 2.20 bits per heavy atom. The second-order valence-corrected chi connectivity index (χ2v) is 4.98. The molecule has 0 saturated carbocycles. The number of carbonyl (C=O) groups excluding carboxylic acids is 1. The molecule has 3 nitrogen and oxygen atoms in total. The van der Waals surface area contributed by atoms with Crippen molar-refractivity contribution >= 4 is 11.8 Å². The minimum Gasteiger partial charge on any atom is -0.478 e. The lowest BCUT2D eigenvalue weighted by Crippen LogP contribution is -2.32. The summed E-state index contributed by atoms with van der Waals surface area (Å²) in [6.07, 6.45) is -5.90. The van der Waals surface area contributed by atoms with E-state index in [2.05, 4.69) is 0 Å². The molecule has 0 heterocycles. The van der Waals surface area contributed by atoms with Crippen molar-refractivity contribution in [2.45, 2.75) is 31.9 Å². The molecule has 0 atom stereocenters. The van der Waals surface area contributed by atoms with E-state index in [1.54, 1.807) is 0 Å². The Bertz CT molecular complexity index is 547. The van der Waals surface area contributed by atoms with Crippen molar-refractivity contribution in [1.29, 1.82) is 0 Å². The Hall–Kier alpha value is -1.92. The number of benzene rings is 1. The number of alkyl halides is 3. The van der Waals surface area contributed by atoms with Crippen LogP contribution in [0, 0.1) is 5.82 Å². The molecule has 7 heteroatoms. The first-order valence-electron chi connectivity index (χ1n) is 5.58. The summed E-state index contributed by atoms with van der Waals surface area (Å²) in [5.41, 5.74) is -1.86. The van der Waals surface area contributed by atoms with Crippen molar-refractivity contribution < 1.29 is 32.3 Å². The molecule has 1 rings (SSSR count). The van der Waals surface area contributed by atoms with Gasteiger partial charge in [-0.25, -0.2) is 9.18 Å². The van der Waals surface area contributed by atoms with E-state index >= 15 is 0 Å². The molecule has 0 fully saturated rings. The Morgan fingerprint density at radius 2 is 1.75 bits per heavy atom. The Kier molecular flexibility index (Phi) is 4.21. The molecule has 0 aliphatic carbocycles. The fourth-order valence-electron chi connectivity index (χ4n) is 1.88. The van der Waals surface area contributed by atoms with Crippen molar-refractivity contribution in [2.24, 2.45) is 0 Å². The molecule has 0 aliphatic rings. The van der Waals surface area contributed by atoms with Gasteiger partial charge in [-0.15, -0.1) is 0 Å². The van der Waals surface area contributed by atoms with Crippen LogP contribution >= 0.6 is 0 Å². The number of halogens is 4. The molecule has 1 N–H and O–H groups in total. The van der Waals surface area contributed by atoms with E-state index in [0.717, 1.165) is 18.2 Å². The molecular weight excluding hydrogens is 280 g/mol. The van der Waals surface area contributed by atoms with Gasteiger partial charge in [-0.05, 0) is 23.1 Å². The summed E-state index contributed by atoms with van der Waals surface area (Å²) in [6.45, 7) is 2.60. The van der Waals surface area contributed by atoms with Gasteiger partial charge in [0.05, 0.1) is 5.56 Å². The number of Topliss-reactive ketones (excluding diaryl/α,β-unsaturated/α-hetero) is 1. The zero-order chi connectivity index (χ0) is 15.7. The van der Waals surface area contributed by atoms with Gasteiger partial charge < -0.3 is 5.11 Å². The van der Waals surface area contributed by atoms with Crippen molar-refractivity contribution in [2.75, 3.05) is 0 Å². The minimum atomic E-state index is -4.99. The van der Waals surface area contributed by atoms with Crippen LogP contribution < -0.4 is 0 Å². The maximum Gasteiger partial charge on any atom is 0.450 e. The number of aromatic carboxylic acids is 1. The number of carbonyl (C=O) groups is 2. The van der Waals surface area contributed by atoms with E-state index < -0.39 is 41.1 Å². The molecular formula is C13H12F4O3. The molecule has 0 saturated heterocycles.